The lowest BCUT2D eigenvalue weighted by Gasteiger charge is -2.13. The van der Waals surface area contributed by atoms with Crippen molar-refractivity contribution in [2.75, 3.05) is 6.54 Å². The average molecular weight is 347 g/mol. The summed E-state index contributed by atoms with van der Waals surface area (Å²) in [6.45, 7) is -0.0178. The minimum Gasteiger partial charge on any atom is -0.407 e. The number of nitrogens with one attached hydrogen (secondary N) is 1. The molecule has 6 nitrogen and oxygen atoms in total. The number of carbonyl (C=O) groups excluding carboxylic acids is 1. The van der Waals surface area contributed by atoms with Crippen LogP contribution in [0.5, 0.6) is 0 Å². The largest absolute Gasteiger partial charge is 0.419 e. The SMILES string of the molecule is Cn1c(=O)oc2c(C(=O)NCC(O)c3ccccc3Cl)cccc21. The maximum absolute atomic E-state index is 12.4. The molecule has 2 N–H and O–H groups in total. The number of aryl methyl sites for hydroxylation is 1. The van der Waals surface area contributed by atoms with Crippen molar-refractivity contribution in [3.05, 3.63) is 69.2 Å². The van der Waals surface area contributed by atoms with Crippen molar-refractivity contribution in [2.24, 2.45) is 7.05 Å². The predicted molar refractivity (Wildman–Crippen MR) is 90.2 cm³/mol. The number of oxazole rings is 1. The van der Waals surface area contributed by atoms with Crippen LogP contribution in [0, 0.1) is 0 Å². The van der Waals surface area contributed by atoms with Crippen LogP contribution in [-0.4, -0.2) is 22.1 Å². The third-order valence-electron chi connectivity index (χ3n) is 3.78. The molecule has 0 spiro atoms. The second-order valence-electron chi connectivity index (χ2n) is 5.33. The molecule has 1 amide bonds. The molecule has 1 aromatic heterocycles. The predicted octanol–water partition coefficient (Wildman–Crippen LogP) is 2.25. The quantitative estimate of drug-likeness (QED) is 0.758. The van der Waals surface area contributed by atoms with Crippen LogP contribution in [0.25, 0.3) is 11.1 Å². The molecule has 1 atom stereocenters. The Labute approximate surface area is 142 Å². The van der Waals surface area contributed by atoms with Crippen LogP contribution in [0.3, 0.4) is 0 Å². The number of benzene rings is 2. The van der Waals surface area contributed by atoms with Crippen LogP contribution < -0.4 is 11.1 Å². The van der Waals surface area contributed by atoms with Gasteiger partial charge in [-0.05, 0) is 18.2 Å². The number of rotatable bonds is 4. The third kappa shape index (κ3) is 2.93. The minimum absolute atomic E-state index is 0.0178. The average Bonchev–Trinajstić information content (AvgIpc) is 2.87. The van der Waals surface area contributed by atoms with E-state index in [9.17, 15) is 14.7 Å². The molecule has 1 heterocycles. The molecule has 0 bridgehead atoms. The lowest BCUT2D eigenvalue weighted by molar-refractivity contribution is 0.0917. The van der Waals surface area contributed by atoms with Gasteiger partial charge in [0.1, 0.15) is 0 Å². The van der Waals surface area contributed by atoms with Crippen molar-refractivity contribution in [1.82, 2.24) is 9.88 Å². The molecule has 2 aromatic carbocycles. The highest BCUT2D eigenvalue weighted by molar-refractivity contribution is 6.31. The fourth-order valence-corrected chi connectivity index (χ4v) is 2.73. The van der Waals surface area contributed by atoms with E-state index in [4.69, 9.17) is 16.0 Å². The summed E-state index contributed by atoms with van der Waals surface area (Å²) < 4.78 is 6.45. The van der Waals surface area contributed by atoms with Gasteiger partial charge in [0.2, 0.25) is 0 Å². The number of fused-ring (bicyclic) bond motifs is 1. The second-order valence-corrected chi connectivity index (χ2v) is 5.74. The summed E-state index contributed by atoms with van der Waals surface area (Å²) in [6, 6.07) is 11.8. The number of hydrogen-bond acceptors (Lipinski definition) is 4. The van der Waals surface area contributed by atoms with Gasteiger partial charge in [-0.1, -0.05) is 35.9 Å². The molecular weight excluding hydrogens is 332 g/mol. The Morgan fingerprint density at radius 1 is 1.29 bits per heavy atom. The first-order valence-electron chi connectivity index (χ1n) is 7.28. The molecule has 0 saturated heterocycles. The van der Waals surface area contributed by atoms with E-state index < -0.39 is 17.8 Å². The number of halogens is 1. The number of aliphatic hydroxyl groups excluding tert-OH is 1. The normalized spacial score (nSPS) is 12.3. The van der Waals surface area contributed by atoms with E-state index in [1.165, 1.54) is 4.57 Å². The summed E-state index contributed by atoms with van der Waals surface area (Å²) in [6.07, 6.45) is -0.940. The lowest BCUT2D eigenvalue weighted by atomic mass is 10.1. The van der Waals surface area contributed by atoms with Crippen molar-refractivity contribution in [1.29, 1.82) is 0 Å². The van der Waals surface area contributed by atoms with Crippen LogP contribution in [0.1, 0.15) is 22.0 Å². The molecule has 0 aliphatic heterocycles. The van der Waals surface area contributed by atoms with Gasteiger partial charge in [-0.25, -0.2) is 4.79 Å². The molecule has 3 rings (SSSR count). The summed E-state index contributed by atoms with van der Waals surface area (Å²) in [4.78, 5) is 24.0. The van der Waals surface area contributed by atoms with Crippen LogP contribution in [0.15, 0.2) is 51.7 Å². The zero-order valence-corrected chi connectivity index (χ0v) is 13.6. The zero-order valence-electron chi connectivity index (χ0n) is 12.8. The highest BCUT2D eigenvalue weighted by atomic mass is 35.5. The number of para-hydroxylation sites is 1. The summed E-state index contributed by atoms with van der Waals surface area (Å²) in [5, 5.41) is 13.2. The zero-order chi connectivity index (χ0) is 17.3. The van der Waals surface area contributed by atoms with E-state index in [0.29, 0.717) is 16.1 Å². The van der Waals surface area contributed by atoms with E-state index >= 15 is 0 Å². The molecule has 1 unspecified atom stereocenters. The number of aromatic nitrogens is 1. The minimum atomic E-state index is -0.940. The Bertz CT molecular complexity index is 961. The number of carbonyl (C=O) groups is 1. The van der Waals surface area contributed by atoms with Crippen LogP contribution in [0.2, 0.25) is 5.02 Å². The van der Waals surface area contributed by atoms with Crippen molar-refractivity contribution in [3.63, 3.8) is 0 Å². The maximum Gasteiger partial charge on any atom is 0.419 e. The molecule has 0 aliphatic rings. The Morgan fingerprint density at radius 3 is 2.79 bits per heavy atom. The smallest absolute Gasteiger partial charge is 0.407 e. The molecule has 0 aliphatic carbocycles. The van der Waals surface area contributed by atoms with Crippen LogP contribution >= 0.6 is 11.6 Å². The van der Waals surface area contributed by atoms with Gasteiger partial charge in [-0.3, -0.25) is 9.36 Å². The van der Waals surface area contributed by atoms with E-state index in [1.807, 2.05) is 0 Å². The molecule has 7 heteroatoms. The van der Waals surface area contributed by atoms with Gasteiger partial charge in [0.25, 0.3) is 5.91 Å². The summed E-state index contributed by atoms with van der Waals surface area (Å²) in [7, 11) is 1.57. The first kappa shape index (κ1) is 16.3. The molecule has 3 aromatic rings. The topological polar surface area (TPSA) is 84.5 Å². The fourth-order valence-electron chi connectivity index (χ4n) is 2.47. The van der Waals surface area contributed by atoms with Crippen molar-refractivity contribution >= 4 is 28.6 Å². The second kappa shape index (κ2) is 6.51. The van der Waals surface area contributed by atoms with Crippen LogP contribution in [-0.2, 0) is 7.05 Å². The Hall–Kier alpha value is -2.57. The third-order valence-corrected chi connectivity index (χ3v) is 4.13. The Kier molecular flexibility index (Phi) is 4.42. The van der Waals surface area contributed by atoms with Crippen molar-refractivity contribution in [2.45, 2.75) is 6.10 Å². The van der Waals surface area contributed by atoms with Crippen molar-refractivity contribution < 1.29 is 14.3 Å². The van der Waals surface area contributed by atoms with Gasteiger partial charge in [0.15, 0.2) is 5.58 Å². The first-order chi connectivity index (χ1) is 11.5. The number of aliphatic hydroxyl groups is 1. The maximum atomic E-state index is 12.4. The van der Waals surface area contributed by atoms with Gasteiger partial charge < -0.3 is 14.8 Å². The molecule has 124 valence electrons. The molecule has 0 saturated carbocycles. The highest BCUT2D eigenvalue weighted by Gasteiger charge is 2.18. The summed E-state index contributed by atoms with van der Waals surface area (Å²) in [5.41, 5.74) is 1.51. The number of nitrogens with zero attached hydrogens (tertiary/aromatic N) is 1. The Balaban J connectivity index is 1.80. The standard InChI is InChI=1S/C17H15ClN2O4/c1-20-13-8-4-6-11(15(13)24-17(20)23)16(22)19-9-14(21)10-5-2-3-7-12(10)18/h2-8,14,21H,9H2,1H3,(H,19,22). The lowest BCUT2D eigenvalue weighted by Crippen LogP contribution is -2.28. The van der Waals surface area contributed by atoms with Gasteiger partial charge in [-0.2, -0.15) is 0 Å². The van der Waals surface area contributed by atoms with Gasteiger partial charge in [0.05, 0.1) is 17.2 Å². The number of hydrogen-bond donors (Lipinski definition) is 2. The van der Waals surface area contributed by atoms with E-state index in [-0.39, 0.29) is 17.7 Å². The molecule has 24 heavy (non-hydrogen) atoms. The van der Waals surface area contributed by atoms with Gasteiger partial charge in [-0.15, -0.1) is 0 Å². The van der Waals surface area contributed by atoms with E-state index in [2.05, 4.69) is 5.32 Å². The summed E-state index contributed by atoms with van der Waals surface area (Å²) >= 11 is 6.02. The molecule has 0 radical (unpaired) electrons. The van der Waals surface area contributed by atoms with E-state index in [0.717, 1.165) is 0 Å². The Morgan fingerprint density at radius 2 is 2.04 bits per heavy atom. The van der Waals surface area contributed by atoms with E-state index in [1.54, 1.807) is 49.5 Å². The highest BCUT2D eigenvalue weighted by Crippen LogP contribution is 2.22. The molecule has 0 fully saturated rings. The van der Waals surface area contributed by atoms with Crippen molar-refractivity contribution in [3.8, 4) is 0 Å². The monoisotopic (exact) mass is 346 g/mol. The number of amides is 1. The first-order valence-corrected chi connectivity index (χ1v) is 7.66. The summed E-state index contributed by atoms with van der Waals surface area (Å²) in [5.74, 6) is -0.984. The van der Waals surface area contributed by atoms with Gasteiger partial charge >= 0.3 is 5.76 Å². The van der Waals surface area contributed by atoms with Crippen LogP contribution in [0.4, 0.5) is 0 Å². The van der Waals surface area contributed by atoms with Gasteiger partial charge in [0, 0.05) is 24.2 Å². The fraction of sp³-hybridized carbons (Fsp3) is 0.176. The molecular formula is C17H15ClN2O4.